The monoisotopic (exact) mass is 367 g/mol. The van der Waals surface area contributed by atoms with Crippen LogP contribution in [0.5, 0.6) is 0 Å². The predicted molar refractivity (Wildman–Crippen MR) is 89.8 cm³/mol. The number of aliphatic hydroxyl groups is 1. The Balaban J connectivity index is 1.62. The molecule has 2 aromatic heterocycles. The highest BCUT2D eigenvalue weighted by atomic mass is 32.2. The average Bonchev–Trinajstić information content (AvgIpc) is 3.15. The first kappa shape index (κ1) is 17.9. The van der Waals surface area contributed by atoms with E-state index in [2.05, 4.69) is 15.2 Å². The molecule has 0 bridgehead atoms. The van der Waals surface area contributed by atoms with Crippen LogP contribution in [0, 0.1) is 5.92 Å². The average molecular weight is 367 g/mol. The first-order valence-corrected chi connectivity index (χ1v) is 9.49. The molecule has 9 nitrogen and oxygen atoms in total. The van der Waals surface area contributed by atoms with Crippen LogP contribution in [0.4, 0.5) is 0 Å². The molecule has 1 fully saturated rings. The maximum Gasteiger partial charge on any atom is 0.249 e. The Bertz CT molecular complexity index is 808. The topological polar surface area (TPSA) is 113 Å². The number of aromatic nitrogens is 3. The lowest BCUT2D eigenvalue weighted by Gasteiger charge is -2.17. The zero-order valence-corrected chi connectivity index (χ0v) is 14.9. The van der Waals surface area contributed by atoms with Gasteiger partial charge in [-0.05, 0) is 12.1 Å². The fourth-order valence-electron chi connectivity index (χ4n) is 2.77. The summed E-state index contributed by atoms with van der Waals surface area (Å²) in [4.78, 5) is 5.93. The summed E-state index contributed by atoms with van der Waals surface area (Å²) in [5.41, 5.74) is 0.734. The summed E-state index contributed by atoms with van der Waals surface area (Å²) < 4.78 is 30.8. The molecule has 0 amide bonds. The number of likely N-dealkylation sites (tertiary alicyclic amines) is 1. The third-order valence-electron chi connectivity index (χ3n) is 4.20. The molecule has 0 aromatic carbocycles. The van der Waals surface area contributed by atoms with Gasteiger partial charge in [-0.25, -0.2) is 12.7 Å². The van der Waals surface area contributed by atoms with Crippen LogP contribution < -0.4 is 0 Å². The van der Waals surface area contributed by atoms with Gasteiger partial charge in [0.2, 0.25) is 21.8 Å². The molecule has 2 atom stereocenters. The van der Waals surface area contributed by atoms with E-state index in [0.29, 0.717) is 31.4 Å². The summed E-state index contributed by atoms with van der Waals surface area (Å²) in [6, 6.07) is 3.61. The van der Waals surface area contributed by atoms with Gasteiger partial charge in [-0.3, -0.25) is 9.88 Å². The minimum absolute atomic E-state index is 0.0809. The number of pyridine rings is 1. The van der Waals surface area contributed by atoms with Gasteiger partial charge < -0.3 is 9.52 Å². The van der Waals surface area contributed by atoms with Gasteiger partial charge in [-0.15, -0.1) is 10.2 Å². The second kappa shape index (κ2) is 7.16. The van der Waals surface area contributed by atoms with Crippen LogP contribution in [-0.4, -0.2) is 77.0 Å². The molecule has 0 radical (unpaired) electrons. The summed E-state index contributed by atoms with van der Waals surface area (Å²) in [6.07, 6.45) is 2.60. The number of hydrogen-bond acceptors (Lipinski definition) is 8. The van der Waals surface area contributed by atoms with Crippen LogP contribution in [-0.2, 0) is 16.6 Å². The SMILES string of the molecule is CN(C)S(=O)(=O)C[C@@H]1CN(Cc2nnc(-c3cccnc3)o2)C[C@@H]1O. The molecule has 0 saturated carbocycles. The molecule has 1 aliphatic heterocycles. The van der Waals surface area contributed by atoms with E-state index in [9.17, 15) is 13.5 Å². The minimum atomic E-state index is -3.35. The second-order valence-corrected chi connectivity index (χ2v) is 8.55. The molecule has 1 saturated heterocycles. The van der Waals surface area contributed by atoms with Gasteiger partial charge in [0.15, 0.2) is 0 Å². The van der Waals surface area contributed by atoms with Crippen molar-refractivity contribution in [1.29, 1.82) is 0 Å². The number of aliphatic hydroxyl groups excluding tert-OH is 1. The molecular formula is C15H21N5O4S. The van der Waals surface area contributed by atoms with E-state index in [1.54, 1.807) is 18.5 Å². The van der Waals surface area contributed by atoms with Gasteiger partial charge in [-0.1, -0.05) is 0 Å². The molecule has 2 aromatic rings. The zero-order chi connectivity index (χ0) is 18.0. The van der Waals surface area contributed by atoms with E-state index in [1.807, 2.05) is 11.0 Å². The number of β-amino-alcohol motifs (C(OH)–C–C–N with tert-alkyl or cyclic N) is 1. The van der Waals surface area contributed by atoms with Crippen LogP contribution in [0.1, 0.15) is 5.89 Å². The third kappa shape index (κ3) is 4.21. The Morgan fingerprint density at radius 2 is 2.16 bits per heavy atom. The van der Waals surface area contributed by atoms with Crippen molar-refractivity contribution in [2.75, 3.05) is 32.9 Å². The van der Waals surface area contributed by atoms with Crippen molar-refractivity contribution in [3.05, 3.63) is 30.4 Å². The Labute approximate surface area is 146 Å². The lowest BCUT2D eigenvalue weighted by atomic mass is 10.1. The molecule has 25 heavy (non-hydrogen) atoms. The number of nitrogens with zero attached hydrogens (tertiary/aromatic N) is 5. The summed E-state index contributed by atoms with van der Waals surface area (Å²) in [5, 5.41) is 18.2. The van der Waals surface area contributed by atoms with Crippen LogP contribution >= 0.6 is 0 Å². The van der Waals surface area contributed by atoms with Crippen molar-refractivity contribution in [3.63, 3.8) is 0 Å². The molecule has 3 rings (SSSR count). The van der Waals surface area contributed by atoms with E-state index in [-0.39, 0.29) is 11.7 Å². The van der Waals surface area contributed by atoms with E-state index >= 15 is 0 Å². The van der Waals surface area contributed by atoms with Crippen LogP contribution in [0.15, 0.2) is 28.9 Å². The summed E-state index contributed by atoms with van der Waals surface area (Å²) in [7, 11) is -0.369. The molecule has 0 spiro atoms. The fraction of sp³-hybridized carbons (Fsp3) is 0.533. The highest BCUT2D eigenvalue weighted by Crippen LogP contribution is 2.23. The Hall–Kier alpha value is -1.88. The zero-order valence-electron chi connectivity index (χ0n) is 14.1. The highest BCUT2D eigenvalue weighted by molar-refractivity contribution is 7.89. The van der Waals surface area contributed by atoms with Gasteiger partial charge in [-0.2, -0.15) is 0 Å². The Morgan fingerprint density at radius 1 is 1.36 bits per heavy atom. The maximum absolute atomic E-state index is 12.0. The molecule has 1 N–H and O–H groups in total. The van der Waals surface area contributed by atoms with Crippen LogP contribution in [0.25, 0.3) is 11.5 Å². The minimum Gasteiger partial charge on any atom is -0.419 e. The van der Waals surface area contributed by atoms with E-state index in [0.717, 1.165) is 5.56 Å². The highest BCUT2D eigenvalue weighted by Gasteiger charge is 2.35. The lowest BCUT2D eigenvalue weighted by molar-refractivity contribution is 0.147. The number of sulfonamides is 1. The standard InChI is InChI=1S/C15H21N5O4S/c1-19(2)25(22,23)10-12-7-20(8-13(12)21)9-14-17-18-15(24-14)11-4-3-5-16-6-11/h3-6,12-13,21H,7-10H2,1-2H3/t12-,13-/m0/s1. The molecule has 10 heteroatoms. The first-order valence-electron chi connectivity index (χ1n) is 7.88. The van der Waals surface area contributed by atoms with Gasteiger partial charge in [0, 0.05) is 45.5 Å². The molecule has 0 unspecified atom stereocenters. The molecular weight excluding hydrogens is 346 g/mol. The number of rotatable bonds is 6. The normalized spacial score (nSPS) is 21.9. The van der Waals surface area contributed by atoms with Crippen molar-refractivity contribution in [1.82, 2.24) is 24.4 Å². The second-order valence-electron chi connectivity index (χ2n) is 6.33. The van der Waals surface area contributed by atoms with Gasteiger partial charge in [0.1, 0.15) is 0 Å². The summed E-state index contributed by atoms with van der Waals surface area (Å²) in [5.74, 6) is 0.382. The van der Waals surface area contributed by atoms with Crippen molar-refractivity contribution >= 4 is 10.0 Å². The van der Waals surface area contributed by atoms with Crippen molar-refractivity contribution in [3.8, 4) is 11.5 Å². The van der Waals surface area contributed by atoms with Gasteiger partial charge in [0.25, 0.3) is 0 Å². The van der Waals surface area contributed by atoms with Crippen molar-refractivity contribution in [2.45, 2.75) is 12.6 Å². The molecule has 136 valence electrons. The van der Waals surface area contributed by atoms with E-state index in [4.69, 9.17) is 4.42 Å². The van der Waals surface area contributed by atoms with Gasteiger partial charge in [0.05, 0.1) is 24.0 Å². The predicted octanol–water partition coefficient (Wildman–Crippen LogP) is -0.184. The lowest BCUT2D eigenvalue weighted by Crippen LogP contribution is -2.33. The summed E-state index contributed by atoms with van der Waals surface area (Å²) in [6.45, 7) is 1.19. The summed E-state index contributed by atoms with van der Waals surface area (Å²) >= 11 is 0. The van der Waals surface area contributed by atoms with E-state index < -0.39 is 16.1 Å². The van der Waals surface area contributed by atoms with Crippen LogP contribution in [0.3, 0.4) is 0 Å². The molecule has 0 aliphatic carbocycles. The fourth-order valence-corrected chi connectivity index (χ4v) is 3.94. The van der Waals surface area contributed by atoms with E-state index in [1.165, 1.54) is 18.4 Å². The van der Waals surface area contributed by atoms with Gasteiger partial charge >= 0.3 is 0 Å². The third-order valence-corrected chi connectivity index (χ3v) is 6.16. The Morgan fingerprint density at radius 3 is 2.84 bits per heavy atom. The smallest absolute Gasteiger partial charge is 0.249 e. The van der Waals surface area contributed by atoms with Crippen molar-refractivity contribution < 1.29 is 17.9 Å². The largest absolute Gasteiger partial charge is 0.419 e. The molecule has 3 heterocycles. The first-order chi connectivity index (χ1) is 11.8. The number of hydrogen-bond donors (Lipinski definition) is 1. The van der Waals surface area contributed by atoms with Crippen molar-refractivity contribution in [2.24, 2.45) is 5.92 Å². The quantitative estimate of drug-likeness (QED) is 0.748. The Kier molecular flexibility index (Phi) is 5.13. The maximum atomic E-state index is 12.0. The van der Waals surface area contributed by atoms with Crippen LogP contribution in [0.2, 0.25) is 0 Å². The molecule has 1 aliphatic rings.